The molecule has 2 aromatic rings. The highest BCUT2D eigenvalue weighted by atomic mass is 16.5. The molecule has 0 aliphatic heterocycles. The molecule has 0 heterocycles. The van der Waals surface area contributed by atoms with Gasteiger partial charge in [0, 0.05) is 5.56 Å². The van der Waals surface area contributed by atoms with Gasteiger partial charge < -0.3 is 4.74 Å². The van der Waals surface area contributed by atoms with Crippen molar-refractivity contribution < 1.29 is 9.53 Å². The summed E-state index contributed by atoms with van der Waals surface area (Å²) in [6.45, 7) is 1.83. The van der Waals surface area contributed by atoms with Crippen molar-refractivity contribution >= 4 is 17.7 Å². The number of hydrogen-bond acceptors (Lipinski definition) is 3. The van der Waals surface area contributed by atoms with E-state index in [-0.39, 0.29) is 5.91 Å². The zero-order valence-corrected chi connectivity index (χ0v) is 12.6. The summed E-state index contributed by atoms with van der Waals surface area (Å²) in [6, 6.07) is 16.8. The van der Waals surface area contributed by atoms with E-state index in [9.17, 15) is 4.79 Å². The van der Waals surface area contributed by atoms with Crippen molar-refractivity contribution in [3.05, 3.63) is 71.8 Å². The predicted octanol–water partition coefficient (Wildman–Crippen LogP) is 3.51. The number of carbonyl (C=O) groups excluding carboxylic acids is 1. The van der Waals surface area contributed by atoms with Crippen molar-refractivity contribution in [3.63, 3.8) is 0 Å². The van der Waals surface area contributed by atoms with Crippen LogP contribution in [0.25, 0.3) is 6.08 Å². The monoisotopic (exact) mass is 294 g/mol. The molecule has 0 aliphatic rings. The SMILES string of the molecule is COc1ccc(C(=O)N/N=C(C)/C=C/c2ccccc2)cc1. The van der Waals surface area contributed by atoms with Gasteiger partial charge in [0.2, 0.25) is 0 Å². The van der Waals surface area contributed by atoms with Crippen molar-refractivity contribution in [2.24, 2.45) is 5.10 Å². The van der Waals surface area contributed by atoms with E-state index in [2.05, 4.69) is 10.5 Å². The van der Waals surface area contributed by atoms with Gasteiger partial charge in [-0.05, 0) is 42.8 Å². The molecule has 4 heteroatoms. The lowest BCUT2D eigenvalue weighted by Crippen LogP contribution is -2.18. The van der Waals surface area contributed by atoms with E-state index >= 15 is 0 Å². The fourth-order valence-corrected chi connectivity index (χ4v) is 1.76. The minimum absolute atomic E-state index is 0.255. The van der Waals surface area contributed by atoms with E-state index in [1.807, 2.05) is 49.4 Å². The second-order valence-corrected chi connectivity index (χ2v) is 4.67. The Morgan fingerprint density at radius 3 is 2.41 bits per heavy atom. The Balaban J connectivity index is 1.94. The number of amides is 1. The highest BCUT2D eigenvalue weighted by Gasteiger charge is 2.03. The maximum Gasteiger partial charge on any atom is 0.271 e. The summed E-state index contributed by atoms with van der Waals surface area (Å²) in [5.41, 5.74) is 4.86. The lowest BCUT2D eigenvalue weighted by Gasteiger charge is -2.02. The van der Waals surface area contributed by atoms with Crippen molar-refractivity contribution in [2.75, 3.05) is 7.11 Å². The molecule has 4 nitrogen and oxygen atoms in total. The first-order chi connectivity index (χ1) is 10.7. The molecule has 0 saturated carbocycles. The molecule has 2 aromatic carbocycles. The van der Waals surface area contributed by atoms with Crippen LogP contribution >= 0.6 is 0 Å². The third-order valence-electron chi connectivity index (χ3n) is 3.00. The molecule has 0 aliphatic carbocycles. The largest absolute Gasteiger partial charge is 0.497 e. The highest BCUT2D eigenvalue weighted by molar-refractivity contribution is 5.99. The first-order valence-electron chi connectivity index (χ1n) is 6.91. The summed E-state index contributed by atoms with van der Waals surface area (Å²) in [7, 11) is 1.59. The van der Waals surface area contributed by atoms with Gasteiger partial charge in [-0.15, -0.1) is 0 Å². The fourth-order valence-electron chi connectivity index (χ4n) is 1.76. The van der Waals surface area contributed by atoms with Gasteiger partial charge >= 0.3 is 0 Å². The highest BCUT2D eigenvalue weighted by Crippen LogP contribution is 2.11. The van der Waals surface area contributed by atoms with Crippen LogP contribution in [-0.2, 0) is 0 Å². The van der Waals surface area contributed by atoms with Crippen LogP contribution in [0.4, 0.5) is 0 Å². The van der Waals surface area contributed by atoms with Gasteiger partial charge in [-0.2, -0.15) is 5.10 Å². The molecule has 22 heavy (non-hydrogen) atoms. The second kappa shape index (κ2) is 7.78. The van der Waals surface area contributed by atoms with Gasteiger partial charge in [-0.3, -0.25) is 4.79 Å². The van der Waals surface area contributed by atoms with E-state index in [0.29, 0.717) is 17.0 Å². The number of hydrogen-bond donors (Lipinski definition) is 1. The Morgan fingerprint density at radius 2 is 1.77 bits per heavy atom. The molecule has 2 rings (SSSR count). The number of allylic oxidation sites excluding steroid dienone is 1. The minimum Gasteiger partial charge on any atom is -0.497 e. The van der Waals surface area contributed by atoms with Gasteiger partial charge in [-0.1, -0.05) is 36.4 Å². The zero-order valence-electron chi connectivity index (χ0n) is 12.6. The Bertz CT molecular complexity index is 674. The first-order valence-corrected chi connectivity index (χ1v) is 6.91. The number of methoxy groups -OCH3 is 1. The molecule has 1 amide bonds. The van der Waals surface area contributed by atoms with E-state index in [0.717, 1.165) is 5.56 Å². The van der Waals surface area contributed by atoms with Crippen LogP contribution in [0.15, 0.2) is 65.8 Å². The molecule has 0 radical (unpaired) electrons. The maximum atomic E-state index is 11.9. The van der Waals surface area contributed by atoms with Crippen LogP contribution in [0.1, 0.15) is 22.8 Å². The van der Waals surface area contributed by atoms with Crippen molar-refractivity contribution in [1.82, 2.24) is 5.43 Å². The van der Waals surface area contributed by atoms with Gasteiger partial charge in [0.1, 0.15) is 5.75 Å². The first kappa shape index (κ1) is 15.5. The number of ether oxygens (including phenoxy) is 1. The van der Waals surface area contributed by atoms with Crippen molar-refractivity contribution in [3.8, 4) is 5.75 Å². The standard InChI is InChI=1S/C18H18N2O2/c1-14(8-9-15-6-4-3-5-7-15)19-20-18(21)16-10-12-17(22-2)13-11-16/h3-13H,1-2H3,(H,20,21)/b9-8+,19-14+. The van der Waals surface area contributed by atoms with Gasteiger partial charge in [0.15, 0.2) is 0 Å². The van der Waals surface area contributed by atoms with Crippen LogP contribution in [0, 0.1) is 0 Å². The van der Waals surface area contributed by atoms with E-state index in [4.69, 9.17) is 4.74 Å². The number of rotatable bonds is 5. The Labute approximate surface area is 130 Å². The third kappa shape index (κ3) is 4.59. The van der Waals surface area contributed by atoms with E-state index < -0.39 is 0 Å². The van der Waals surface area contributed by atoms with Gasteiger partial charge in [-0.25, -0.2) is 5.43 Å². The van der Waals surface area contributed by atoms with Gasteiger partial charge in [0.25, 0.3) is 5.91 Å². The lowest BCUT2D eigenvalue weighted by molar-refractivity contribution is 0.0955. The van der Waals surface area contributed by atoms with Crippen LogP contribution in [-0.4, -0.2) is 18.7 Å². The summed E-state index contributed by atoms with van der Waals surface area (Å²) >= 11 is 0. The maximum absolute atomic E-state index is 11.9. The molecule has 0 spiro atoms. The van der Waals surface area contributed by atoms with Crippen LogP contribution in [0.3, 0.4) is 0 Å². The normalized spacial score (nSPS) is 11.5. The molecule has 1 N–H and O–H groups in total. The van der Waals surface area contributed by atoms with E-state index in [1.165, 1.54) is 0 Å². The molecule has 112 valence electrons. The number of benzene rings is 2. The molecule has 0 fully saturated rings. The van der Waals surface area contributed by atoms with Gasteiger partial charge in [0.05, 0.1) is 12.8 Å². The number of carbonyl (C=O) groups is 1. The van der Waals surface area contributed by atoms with E-state index in [1.54, 1.807) is 31.4 Å². The third-order valence-corrected chi connectivity index (χ3v) is 3.00. The van der Waals surface area contributed by atoms with Crippen LogP contribution in [0.2, 0.25) is 0 Å². The molecular weight excluding hydrogens is 276 g/mol. The molecular formula is C18H18N2O2. The van der Waals surface area contributed by atoms with Crippen LogP contribution < -0.4 is 10.2 Å². The summed E-state index contributed by atoms with van der Waals surface area (Å²) < 4.78 is 5.05. The Kier molecular flexibility index (Phi) is 5.49. The smallest absolute Gasteiger partial charge is 0.271 e. The average Bonchev–Trinajstić information content (AvgIpc) is 2.58. The summed E-state index contributed by atoms with van der Waals surface area (Å²) in [5, 5.41) is 4.06. The quantitative estimate of drug-likeness (QED) is 0.677. The molecule has 0 aromatic heterocycles. The summed E-state index contributed by atoms with van der Waals surface area (Å²) in [4.78, 5) is 11.9. The molecule has 0 atom stereocenters. The summed E-state index contributed by atoms with van der Waals surface area (Å²) in [5.74, 6) is 0.456. The van der Waals surface area contributed by atoms with Crippen molar-refractivity contribution in [2.45, 2.75) is 6.92 Å². The fraction of sp³-hybridized carbons (Fsp3) is 0.111. The molecule has 0 saturated heterocycles. The number of hydrazone groups is 1. The number of nitrogens with zero attached hydrogens (tertiary/aromatic N) is 1. The minimum atomic E-state index is -0.255. The van der Waals surface area contributed by atoms with Crippen LogP contribution in [0.5, 0.6) is 5.75 Å². The molecule has 0 bridgehead atoms. The van der Waals surface area contributed by atoms with Crippen molar-refractivity contribution in [1.29, 1.82) is 0 Å². The topological polar surface area (TPSA) is 50.7 Å². The Hall–Kier alpha value is -2.88. The average molecular weight is 294 g/mol. The number of nitrogens with one attached hydrogen (secondary N) is 1. The molecule has 0 unspecified atom stereocenters. The predicted molar refractivity (Wildman–Crippen MR) is 89.0 cm³/mol. The second-order valence-electron chi connectivity index (χ2n) is 4.67. The zero-order chi connectivity index (χ0) is 15.8. The lowest BCUT2D eigenvalue weighted by atomic mass is 10.2. The summed E-state index contributed by atoms with van der Waals surface area (Å²) in [6.07, 6.45) is 3.79. The Morgan fingerprint density at radius 1 is 1.09 bits per heavy atom.